The van der Waals surface area contributed by atoms with E-state index in [4.69, 9.17) is 9.97 Å². The number of anilines is 6. The van der Waals surface area contributed by atoms with Crippen molar-refractivity contribution in [2.24, 2.45) is 0 Å². The number of benzene rings is 15. The molecule has 2 heterocycles. The van der Waals surface area contributed by atoms with Crippen molar-refractivity contribution in [3.8, 4) is 122 Å². The van der Waals surface area contributed by atoms with Gasteiger partial charge in [-0.05, 0) is 240 Å². The van der Waals surface area contributed by atoms with Crippen molar-refractivity contribution in [3.63, 3.8) is 0 Å². The van der Waals surface area contributed by atoms with Gasteiger partial charge >= 0.3 is 0 Å². The lowest BCUT2D eigenvalue weighted by molar-refractivity contribution is 0.660. The Morgan fingerprint density at radius 2 is 0.355 bits per heavy atom. The van der Waals surface area contributed by atoms with Crippen LogP contribution >= 0.6 is 0 Å². The summed E-state index contributed by atoms with van der Waals surface area (Å²) in [5.41, 5.74) is 49.3. The molecule has 6 aliphatic rings. The highest BCUT2D eigenvalue weighted by Gasteiger charge is 2.43. The zero-order valence-electron chi connectivity index (χ0n) is 71.4. The van der Waals surface area contributed by atoms with Crippen molar-refractivity contribution in [3.05, 3.63) is 431 Å². The molecule has 0 unspecified atom stereocenters. The fourth-order valence-corrected chi connectivity index (χ4v) is 22.2. The summed E-state index contributed by atoms with van der Waals surface area (Å²) >= 11 is 0. The van der Waals surface area contributed by atoms with E-state index < -0.39 is 0 Å². The standard InChI is InChI=1S/C62H50N2.C56H46N2.2CH4/c1-60(2)53-21-13-10-18-45(53)48-31-26-41(34-56(48)60)51-37-63-38-52(42-27-32-49-46-19-11-14-22-54(46)61(3,4)57(49)35-42)59(51)64(43-28-24-40(25-29-43)39-16-8-7-9-17-39)44-30-33-50-47-20-12-15-23-55(47)62(5,6)58(50)36-44;1-54(2)47-21-13-10-18-39(47)42-27-24-35(30-50(42)54)45-33-57-34-46(36-25-28-43-40-19-11-14-22-48(40)55(3,4)51(43)31-36)53(45)58(37-16-8-7-9-17-37)38-26-29-44-41-20-12-15-23-49(41)56(5,6)52(44)32-38;;/h7-38H,1-6H3;7-34H,1-6H3;2*1H4. The zero-order chi connectivity index (χ0) is 83.1. The van der Waals surface area contributed by atoms with E-state index >= 15 is 0 Å². The molecule has 4 nitrogen and oxygen atoms in total. The zero-order valence-corrected chi connectivity index (χ0v) is 71.4. The summed E-state index contributed by atoms with van der Waals surface area (Å²) in [6, 6.07) is 127. The molecule has 0 aliphatic heterocycles. The van der Waals surface area contributed by atoms with E-state index in [-0.39, 0.29) is 47.3 Å². The van der Waals surface area contributed by atoms with Crippen LogP contribution in [0.2, 0.25) is 0 Å². The molecule has 0 fully saturated rings. The number of hydrogen-bond donors (Lipinski definition) is 0. The summed E-state index contributed by atoms with van der Waals surface area (Å²) in [5, 5.41) is 0. The van der Waals surface area contributed by atoms with Crippen molar-refractivity contribution in [1.29, 1.82) is 0 Å². The van der Waals surface area contributed by atoms with E-state index in [0.29, 0.717) is 0 Å². The van der Waals surface area contributed by atoms with Gasteiger partial charge in [-0.25, -0.2) is 0 Å². The van der Waals surface area contributed by atoms with Gasteiger partial charge in [0.05, 0.1) is 11.4 Å². The van der Waals surface area contributed by atoms with Gasteiger partial charge in [-0.1, -0.05) is 365 Å². The van der Waals surface area contributed by atoms with Crippen LogP contribution in [0.4, 0.5) is 34.1 Å². The van der Waals surface area contributed by atoms with Gasteiger partial charge in [0.2, 0.25) is 0 Å². The van der Waals surface area contributed by atoms with Crippen LogP contribution in [-0.4, -0.2) is 9.97 Å². The van der Waals surface area contributed by atoms with Crippen LogP contribution in [0, 0.1) is 0 Å². The predicted molar refractivity (Wildman–Crippen MR) is 524 cm³/mol. The van der Waals surface area contributed by atoms with Gasteiger partial charge in [-0.15, -0.1) is 0 Å². The second-order valence-corrected chi connectivity index (χ2v) is 37.6. The topological polar surface area (TPSA) is 32.3 Å². The Kier molecular flexibility index (Phi) is 18.4. The summed E-state index contributed by atoms with van der Waals surface area (Å²) in [6.45, 7) is 28.4. The quantitative estimate of drug-likeness (QED) is 0.129. The molecular formula is C120H104N4. The van der Waals surface area contributed by atoms with Gasteiger partial charge < -0.3 is 9.80 Å². The lowest BCUT2D eigenvalue weighted by Crippen LogP contribution is -2.18. The van der Waals surface area contributed by atoms with Gasteiger partial charge in [0.25, 0.3) is 0 Å². The average molecular weight is 1600 g/mol. The Labute approximate surface area is 733 Å². The first-order valence-corrected chi connectivity index (χ1v) is 43.3. The fourth-order valence-electron chi connectivity index (χ4n) is 22.2. The van der Waals surface area contributed by atoms with Gasteiger partial charge in [-0.2, -0.15) is 0 Å². The maximum absolute atomic E-state index is 5.14. The number of fused-ring (bicyclic) bond motifs is 18. The van der Waals surface area contributed by atoms with Crippen LogP contribution in [0.5, 0.6) is 0 Å². The largest absolute Gasteiger partial charge is 0.309 e. The summed E-state index contributed by atoms with van der Waals surface area (Å²) in [7, 11) is 0. The summed E-state index contributed by atoms with van der Waals surface area (Å²) in [5.74, 6) is 0. The Morgan fingerprint density at radius 1 is 0.161 bits per heavy atom. The summed E-state index contributed by atoms with van der Waals surface area (Å²) < 4.78 is 0. The van der Waals surface area contributed by atoms with Crippen LogP contribution in [0.3, 0.4) is 0 Å². The van der Waals surface area contributed by atoms with Crippen molar-refractivity contribution >= 4 is 34.1 Å². The molecule has 0 saturated carbocycles. The van der Waals surface area contributed by atoms with Crippen molar-refractivity contribution < 1.29 is 0 Å². The lowest BCUT2D eigenvalue weighted by Gasteiger charge is -2.32. The Bertz CT molecular complexity index is 6940. The SMILES string of the molecule is C.C.CC1(C)c2ccccc2-c2ccc(-c3cncc(-c4ccc5c(c4)C(C)(C)c4ccccc4-5)c3N(c3ccc(-c4ccccc4)cc3)c3ccc4c(c3)C(C)(C)c3ccccc3-4)cc21.CC1(C)c2ccccc2-c2ccc(-c3cncc(-c4ccc5c(c4)C(C)(C)c4ccccc4-5)c3N(c3ccccc3)c3ccc4c(c3)C(C)(C)c3ccccc3-4)cc21. The van der Waals surface area contributed by atoms with Gasteiger partial charge in [-0.3, -0.25) is 9.97 Å². The van der Waals surface area contributed by atoms with E-state index in [1.54, 1.807) is 0 Å². The van der Waals surface area contributed by atoms with Crippen molar-refractivity contribution in [2.45, 2.75) is 130 Å². The van der Waals surface area contributed by atoms with Crippen LogP contribution in [0.15, 0.2) is 365 Å². The molecule has 604 valence electrons. The molecule has 0 radical (unpaired) electrons. The first kappa shape index (κ1) is 78.7. The highest BCUT2D eigenvalue weighted by Crippen LogP contribution is 2.60. The maximum Gasteiger partial charge on any atom is 0.0649 e. The molecular weight excluding hydrogens is 1500 g/mol. The number of para-hydroxylation sites is 1. The number of aromatic nitrogens is 2. The number of pyridine rings is 2. The van der Waals surface area contributed by atoms with Gasteiger partial charge in [0.15, 0.2) is 0 Å². The lowest BCUT2D eigenvalue weighted by atomic mass is 9.81. The third-order valence-corrected chi connectivity index (χ3v) is 28.8. The molecule has 0 bridgehead atoms. The van der Waals surface area contributed by atoms with Gasteiger partial charge in [0, 0.05) is 102 Å². The molecule has 0 spiro atoms. The normalized spacial score (nSPS) is 15.0. The molecule has 0 amide bonds. The average Bonchev–Trinajstić information content (AvgIpc) is 1.54. The minimum absolute atomic E-state index is 0. The second kappa shape index (κ2) is 28.9. The maximum atomic E-state index is 5.14. The second-order valence-electron chi connectivity index (χ2n) is 37.6. The minimum atomic E-state index is -0.171. The first-order chi connectivity index (χ1) is 59.1. The highest BCUT2D eigenvalue weighted by molar-refractivity contribution is 6.03. The van der Waals surface area contributed by atoms with E-state index in [0.717, 1.165) is 78.6 Å². The van der Waals surface area contributed by atoms with E-state index in [9.17, 15) is 0 Å². The monoisotopic (exact) mass is 1600 g/mol. The van der Waals surface area contributed by atoms with Crippen molar-refractivity contribution in [1.82, 2.24) is 9.97 Å². The van der Waals surface area contributed by atoms with Crippen LogP contribution in [0.25, 0.3) is 122 Å². The molecule has 0 atom stereocenters. The minimum Gasteiger partial charge on any atom is -0.309 e. The van der Waals surface area contributed by atoms with E-state index in [2.05, 4.69) is 457 Å². The molecule has 0 N–H and O–H groups in total. The third kappa shape index (κ3) is 11.8. The Hall–Kier alpha value is -13.8. The molecule has 17 aromatic rings. The number of nitrogens with zero attached hydrogens (tertiary/aromatic N) is 4. The number of rotatable bonds is 11. The van der Waals surface area contributed by atoms with E-state index in [1.165, 1.54) is 145 Å². The van der Waals surface area contributed by atoms with Gasteiger partial charge in [0.1, 0.15) is 0 Å². The molecule has 124 heavy (non-hydrogen) atoms. The molecule has 0 saturated heterocycles. The Balaban J connectivity index is 0.000000155. The number of hydrogen-bond acceptors (Lipinski definition) is 4. The summed E-state index contributed by atoms with van der Waals surface area (Å²) in [4.78, 5) is 15.2. The van der Waals surface area contributed by atoms with E-state index in [1.807, 2.05) is 0 Å². The first-order valence-electron chi connectivity index (χ1n) is 43.3. The highest BCUT2D eigenvalue weighted by atomic mass is 15.2. The molecule has 4 heteroatoms. The molecule has 6 aliphatic carbocycles. The molecule has 2 aromatic heterocycles. The van der Waals surface area contributed by atoms with Crippen LogP contribution < -0.4 is 9.80 Å². The Morgan fingerprint density at radius 3 is 0.629 bits per heavy atom. The van der Waals surface area contributed by atoms with Crippen molar-refractivity contribution in [2.75, 3.05) is 9.80 Å². The predicted octanol–water partition coefficient (Wildman–Crippen LogP) is 32.5. The molecule has 23 rings (SSSR count). The molecule has 15 aromatic carbocycles. The smallest absolute Gasteiger partial charge is 0.0649 e. The summed E-state index contributed by atoms with van der Waals surface area (Å²) in [6.07, 6.45) is 8.38. The fraction of sp³-hybridized carbons (Fsp3) is 0.167. The van der Waals surface area contributed by atoms with Crippen LogP contribution in [-0.2, 0) is 32.5 Å². The third-order valence-electron chi connectivity index (χ3n) is 28.8. The van der Waals surface area contributed by atoms with Crippen LogP contribution in [0.1, 0.15) is 165 Å².